The number of nitrogens with zero attached hydrogens (tertiary/aromatic N) is 2. The third-order valence-corrected chi connectivity index (χ3v) is 6.83. The lowest BCUT2D eigenvalue weighted by atomic mass is 9.83. The van der Waals surface area contributed by atoms with Crippen molar-refractivity contribution in [2.45, 2.75) is 38.1 Å². The molecule has 1 spiro atoms. The highest BCUT2D eigenvalue weighted by Crippen LogP contribution is 2.44. The largest absolute Gasteiger partial charge is 0.380 e. The van der Waals surface area contributed by atoms with Gasteiger partial charge in [0.15, 0.2) is 0 Å². The molecule has 31 heavy (non-hydrogen) atoms. The number of hydrogen-bond donors (Lipinski definition) is 0. The molecule has 1 unspecified atom stereocenters. The van der Waals surface area contributed by atoms with E-state index in [-0.39, 0.29) is 17.4 Å². The van der Waals surface area contributed by atoms with Gasteiger partial charge in [0.2, 0.25) is 5.91 Å². The predicted octanol–water partition coefficient (Wildman–Crippen LogP) is 3.60. The maximum Gasteiger partial charge on any atom is 0.226 e. The smallest absolute Gasteiger partial charge is 0.226 e. The number of methoxy groups -OCH3 is 1. The molecule has 0 N–H and O–H groups in total. The summed E-state index contributed by atoms with van der Waals surface area (Å²) in [5.74, 6) is 0.119. The Hall–Kier alpha value is -2.21. The summed E-state index contributed by atoms with van der Waals surface area (Å²) >= 11 is 0. The molecule has 2 aromatic carbocycles. The summed E-state index contributed by atoms with van der Waals surface area (Å²) in [6, 6.07) is 16.9. The molecule has 0 aromatic heterocycles. The average molecular weight is 423 g/mol. The van der Waals surface area contributed by atoms with Gasteiger partial charge in [-0.05, 0) is 41.5 Å². The third kappa shape index (κ3) is 4.69. The van der Waals surface area contributed by atoms with E-state index in [1.807, 2.05) is 26.2 Å². The van der Waals surface area contributed by atoms with E-state index < -0.39 is 0 Å². The fraction of sp³-hybridized carbons (Fsp3) is 0.500. The van der Waals surface area contributed by atoms with Gasteiger partial charge >= 0.3 is 0 Å². The Kier molecular flexibility index (Phi) is 6.75. The number of carbonyl (C=O) groups excluding carboxylic acids is 1. The molecular formula is C26H34N2O3. The van der Waals surface area contributed by atoms with E-state index in [1.54, 1.807) is 12.0 Å². The molecule has 5 heteroatoms. The Morgan fingerprint density at radius 1 is 1.10 bits per heavy atom. The van der Waals surface area contributed by atoms with Crippen LogP contribution in [0.3, 0.4) is 0 Å². The first-order chi connectivity index (χ1) is 15.0. The Morgan fingerprint density at radius 3 is 2.48 bits per heavy atom. The predicted molar refractivity (Wildman–Crippen MR) is 122 cm³/mol. The summed E-state index contributed by atoms with van der Waals surface area (Å²) in [6.07, 6.45) is 2.69. The van der Waals surface area contributed by atoms with Crippen molar-refractivity contribution in [1.82, 2.24) is 9.80 Å². The first-order valence-corrected chi connectivity index (χ1v) is 11.2. The first-order valence-electron chi connectivity index (χ1n) is 11.2. The number of amides is 1. The maximum atomic E-state index is 13.0. The van der Waals surface area contributed by atoms with Crippen LogP contribution in [0.5, 0.6) is 0 Å². The zero-order valence-electron chi connectivity index (χ0n) is 19.0. The topological polar surface area (TPSA) is 42.0 Å². The van der Waals surface area contributed by atoms with E-state index >= 15 is 0 Å². The summed E-state index contributed by atoms with van der Waals surface area (Å²) in [6.45, 7) is 3.96. The van der Waals surface area contributed by atoms with Crippen molar-refractivity contribution in [3.8, 4) is 0 Å². The average Bonchev–Trinajstić information content (AvgIpc) is 3.14. The molecule has 0 aliphatic carbocycles. The lowest BCUT2D eigenvalue weighted by Gasteiger charge is -2.40. The summed E-state index contributed by atoms with van der Waals surface area (Å²) in [7, 11) is 5.42. The fourth-order valence-corrected chi connectivity index (χ4v) is 5.12. The summed E-state index contributed by atoms with van der Waals surface area (Å²) in [5.41, 5.74) is 4.91. The lowest BCUT2D eigenvalue weighted by Crippen LogP contribution is -2.46. The zero-order chi connectivity index (χ0) is 21.8. The molecule has 1 atom stereocenters. The van der Waals surface area contributed by atoms with Crippen LogP contribution in [0.15, 0.2) is 48.5 Å². The number of fused-ring (bicyclic) bond motifs is 2. The second-order valence-electron chi connectivity index (χ2n) is 9.08. The number of likely N-dealkylation sites (tertiary alicyclic amines) is 1. The first kappa shape index (κ1) is 22.0. The molecule has 166 valence electrons. The second kappa shape index (κ2) is 9.51. The highest BCUT2D eigenvalue weighted by Gasteiger charge is 2.42. The Bertz CT molecular complexity index is 903. The Balaban J connectivity index is 1.45. The molecule has 1 fully saturated rings. The molecule has 0 radical (unpaired) electrons. The van der Waals surface area contributed by atoms with Crippen molar-refractivity contribution < 1.29 is 14.3 Å². The third-order valence-electron chi connectivity index (χ3n) is 6.83. The van der Waals surface area contributed by atoms with Crippen LogP contribution in [0, 0.1) is 5.92 Å². The number of rotatable bonds is 7. The van der Waals surface area contributed by atoms with Crippen LogP contribution in [0.4, 0.5) is 0 Å². The van der Waals surface area contributed by atoms with Gasteiger partial charge in [0, 0.05) is 40.8 Å². The van der Waals surface area contributed by atoms with E-state index in [4.69, 9.17) is 9.47 Å². The van der Waals surface area contributed by atoms with Gasteiger partial charge < -0.3 is 19.3 Å². The summed E-state index contributed by atoms with van der Waals surface area (Å²) in [5, 5.41) is 0. The van der Waals surface area contributed by atoms with Crippen LogP contribution in [-0.2, 0) is 39.5 Å². The van der Waals surface area contributed by atoms with Crippen LogP contribution in [0.25, 0.3) is 0 Å². The normalized spacial score (nSPS) is 18.7. The van der Waals surface area contributed by atoms with Gasteiger partial charge in [-0.3, -0.25) is 4.79 Å². The van der Waals surface area contributed by atoms with Gasteiger partial charge in [0.1, 0.15) is 0 Å². The molecule has 2 heterocycles. The van der Waals surface area contributed by atoms with Crippen molar-refractivity contribution in [3.05, 3.63) is 70.8 Å². The molecule has 1 saturated heterocycles. The van der Waals surface area contributed by atoms with E-state index in [0.29, 0.717) is 13.2 Å². The zero-order valence-corrected chi connectivity index (χ0v) is 19.0. The number of ether oxygens (including phenoxy) is 2. The van der Waals surface area contributed by atoms with Crippen molar-refractivity contribution in [3.63, 3.8) is 0 Å². The van der Waals surface area contributed by atoms with Gasteiger partial charge in [-0.25, -0.2) is 0 Å². The van der Waals surface area contributed by atoms with Crippen molar-refractivity contribution >= 4 is 5.91 Å². The Morgan fingerprint density at radius 2 is 1.77 bits per heavy atom. The van der Waals surface area contributed by atoms with Crippen molar-refractivity contribution in [1.29, 1.82) is 0 Å². The lowest BCUT2D eigenvalue weighted by molar-refractivity contribution is -0.134. The minimum atomic E-state index is -0.140. The van der Waals surface area contributed by atoms with Gasteiger partial charge in [-0.2, -0.15) is 0 Å². The van der Waals surface area contributed by atoms with Crippen LogP contribution in [-0.4, -0.2) is 56.5 Å². The highest BCUT2D eigenvalue weighted by atomic mass is 16.5. The van der Waals surface area contributed by atoms with Crippen LogP contribution in [0.2, 0.25) is 0 Å². The SMILES string of the molecule is COCc1ccccc1CC(CN1CCC2(CC1)OCc1ccccc12)C(=O)N(C)C. The molecule has 0 saturated carbocycles. The van der Waals surface area contributed by atoms with Crippen LogP contribution < -0.4 is 0 Å². The number of hydrogen-bond acceptors (Lipinski definition) is 4. The van der Waals surface area contributed by atoms with E-state index in [1.165, 1.54) is 16.7 Å². The molecule has 2 aliphatic rings. The van der Waals surface area contributed by atoms with Crippen molar-refractivity contribution in [2.24, 2.45) is 5.92 Å². The number of carbonyl (C=O) groups is 1. The molecule has 1 amide bonds. The fourth-order valence-electron chi connectivity index (χ4n) is 5.12. The Labute approximate surface area is 185 Å². The quantitative estimate of drug-likeness (QED) is 0.684. The van der Waals surface area contributed by atoms with Gasteiger partial charge in [0.05, 0.1) is 24.7 Å². The van der Waals surface area contributed by atoms with E-state index in [9.17, 15) is 4.79 Å². The molecule has 5 nitrogen and oxygen atoms in total. The van der Waals surface area contributed by atoms with Gasteiger partial charge in [-0.1, -0.05) is 48.5 Å². The van der Waals surface area contributed by atoms with Crippen LogP contribution >= 0.6 is 0 Å². The second-order valence-corrected chi connectivity index (χ2v) is 9.08. The van der Waals surface area contributed by atoms with E-state index in [2.05, 4.69) is 41.3 Å². The minimum Gasteiger partial charge on any atom is -0.380 e. The molecule has 2 aromatic rings. The molecule has 2 aliphatic heterocycles. The van der Waals surface area contributed by atoms with Crippen LogP contribution in [0.1, 0.15) is 35.1 Å². The van der Waals surface area contributed by atoms with Crippen molar-refractivity contribution in [2.75, 3.05) is 40.8 Å². The maximum absolute atomic E-state index is 13.0. The summed E-state index contributed by atoms with van der Waals surface area (Å²) in [4.78, 5) is 17.2. The number of piperidine rings is 1. The standard InChI is InChI=1S/C26H34N2O3/c1-27(2)25(29)23(16-20-8-4-5-9-21(20)18-30-3)17-28-14-12-26(13-15-28)24-11-7-6-10-22(24)19-31-26/h4-11,23H,12-19H2,1-3H3. The van der Waals surface area contributed by atoms with Gasteiger partial charge in [0.25, 0.3) is 0 Å². The summed E-state index contributed by atoms with van der Waals surface area (Å²) < 4.78 is 11.7. The van der Waals surface area contributed by atoms with E-state index in [0.717, 1.165) is 44.5 Å². The molecular weight excluding hydrogens is 388 g/mol. The number of benzene rings is 2. The highest BCUT2D eigenvalue weighted by molar-refractivity contribution is 5.79. The molecule has 4 rings (SSSR count). The monoisotopic (exact) mass is 422 g/mol. The minimum absolute atomic E-state index is 0.0705. The molecule has 0 bridgehead atoms. The van der Waals surface area contributed by atoms with Gasteiger partial charge in [-0.15, -0.1) is 0 Å².